The Morgan fingerprint density at radius 1 is 1.05 bits per heavy atom. The molecule has 1 saturated heterocycles. The number of aryl methyl sites for hydroxylation is 1. The highest BCUT2D eigenvalue weighted by Crippen LogP contribution is 2.20. The summed E-state index contributed by atoms with van der Waals surface area (Å²) >= 11 is 0. The van der Waals surface area contributed by atoms with Gasteiger partial charge < -0.3 is 15.2 Å². The molecule has 1 fully saturated rings. The van der Waals surface area contributed by atoms with E-state index in [1.807, 2.05) is 0 Å². The van der Waals surface area contributed by atoms with Crippen molar-refractivity contribution in [2.24, 2.45) is 5.73 Å². The molecule has 1 aromatic heterocycles. The van der Waals surface area contributed by atoms with Gasteiger partial charge in [-0.25, -0.2) is 0 Å². The highest BCUT2D eigenvalue weighted by molar-refractivity contribution is 5.83. The molecule has 0 atom stereocenters. The molecule has 0 amide bonds. The Hall–Kier alpha value is -1.32. The molecule has 1 aromatic carbocycles. The highest BCUT2D eigenvalue weighted by Gasteiger charge is 2.11. The molecule has 19 heavy (non-hydrogen) atoms. The van der Waals surface area contributed by atoms with Gasteiger partial charge in [-0.3, -0.25) is 0 Å². The van der Waals surface area contributed by atoms with Crippen molar-refractivity contribution in [3.63, 3.8) is 0 Å². The fraction of sp³-hybridized carbons (Fsp3) is 0.500. The molecule has 1 aliphatic heterocycles. The Bertz CT molecular complexity index is 538. The van der Waals surface area contributed by atoms with Gasteiger partial charge in [-0.05, 0) is 56.6 Å². The normalized spacial score (nSPS) is 16.5. The van der Waals surface area contributed by atoms with E-state index in [0.29, 0.717) is 6.54 Å². The van der Waals surface area contributed by atoms with Crippen LogP contribution in [0.4, 0.5) is 0 Å². The largest absolute Gasteiger partial charge is 0.347 e. The number of rotatable bonds is 5. The average Bonchev–Trinajstić information content (AvgIpc) is 3.08. The first-order chi connectivity index (χ1) is 9.38. The van der Waals surface area contributed by atoms with E-state index in [1.54, 1.807) is 0 Å². The number of nitrogens with two attached hydrogens (primary N) is 1. The minimum absolute atomic E-state index is 0.620. The van der Waals surface area contributed by atoms with Gasteiger partial charge in [-0.15, -0.1) is 0 Å². The van der Waals surface area contributed by atoms with Crippen LogP contribution in [-0.2, 0) is 13.1 Å². The fourth-order valence-electron chi connectivity index (χ4n) is 3.13. The minimum atomic E-state index is 0.620. The summed E-state index contributed by atoms with van der Waals surface area (Å²) in [5, 5.41) is 1.31. The molecule has 0 saturated carbocycles. The predicted octanol–water partition coefficient (Wildman–Crippen LogP) is 2.59. The quantitative estimate of drug-likeness (QED) is 0.893. The summed E-state index contributed by atoms with van der Waals surface area (Å²) in [6.45, 7) is 5.55. The summed E-state index contributed by atoms with van der Waals surface area (Å²) in [7, 11) is 0. The van der Waals surface area contributed by atoms with Gasteiger partial charge in [0.15, 0.2) is 0 Å². The van der Waals surface area contributed by atoms with E-state index >= 15 is 0 Å². The number of hydrogen-bond acceptors (Lipinski definition) is 2. The SMILES string of the molecule is NCc1cccc2c1ccn2CCCN1CCCC1. The lowest BCUT2D eigenvalue weighted by Gasteiger charge is -2.14. The summed E-state index contributed by atoms with van der Waals surface area (Å²) in [5.41, 5.74) is 8.36. The lowest BCUT2D eigenvalue weighted by molar-refractivity contribution is 0.326. The molecule has 3 rings (SSSR count). The first-order valence-corrected chi connectivity index (χ1v) is 7.37. The van der Waals surface area contributed by atoms with Crippen molar-refractivity contribution in [2.45, 2.75) is 32.4 Å². The molecule has 0 radical (unpaired) electrons. The maximum Gasteiger partial charge on any atom is 0.0483 e. The Morgan fingerprint density at radius 3 is 2.68 bits per heavy atom. The van der Waals surface area contributed by atoms with Crippen LogP contribution < -0.4 is 5.73 Å². The summed E-state index contributed by atoms with van der Waals surface area (Å²) in [6, 6.07) is 8.64. The van der Waals surface area contributed by atoms with Crippen LogP contribution in [0.2, 0.25) is 0 Å². The molecule has 0 spiro atoms. The van der Waals surface area contributed by atoms with Crippen LogP contribution in [0, 0.1) is 0 Å². The van der Waals surface area contributed by atoms with Crippen LogP contribution in [0.3, 0.4) is 0 Å². The first-order valence-electron chi connectivity index (χ1n) is 7.37. The molecular weight excluding hydrogens is 234 g/mol. The van der Waals surface area contributed by atoms with Gasteiger partial charge in [0, 0.05) is 30.2 Å². The number of benzene rings is 1. The van der Waals surface area contributed by atoms with Crippen molar-refractivity contribution >= 4 is 10.9 Å². The van der Waals surface area contributed by atoms with E-state index in [0.717, 1.165) is 6.54 Å². The second-order valence-electron chi connectivity index (χ2n) is 5.47. The van der Waals surface area contributed by atoms with Crippen molar-refractivity contribution < 1.29 is 0 Å². The summed E-state index contributed by atoms with van der Waals surface area (Å²) in [4.78, 5) is 2.58. The van der Waals surface area contributed by atoms with Crippen LogP contribution in [0.15, 0.2) is 30.5 Å². The summed E-state index contributed by atoms with van der Waals surface area (Å²) < 4.78 is 2.37. The zero-order valence-electron chi connectivity index (χ0n) is 11.5. The van der Waals surface area contributed by atoms with Crippen LogP contribution in [0.25, 0.3) is 10.9 Å². The molecule has 2 N–H and O–H groups in total. The van der Waals surface area contributed by atoms with Gasteiger partial charge in [0.1, 0.15) is 0 Å². The lowest BCUT2D eigenvalue weighted by atomic mass is 10.1. The third-order valence-corrected chi connectivity index (χ3v) is 4.20. The molecule has 0 aliphatic carbocycles. The second-order valence-corrected chi connectivity index (χ2v) is 5.47. The predicted molar refractivity (Wildman–Crippen MR) is 80.1 cm³/mol. The Balaban J connectivity index is 1.67. The van der Waals surface area contributed by atoms with E-state index < -0.39 is 0 Å². The van der Waals surface area contributed by atoms with E-state index in [2.05, 4.69) is 39.9 Å². The molecular formula is C16H23N3. The molecule has 3 nitrogen and oxygen atoms in total. The third-order valence-electron chi connectivity index (χ3n) is 4.20. The Kier molecular flexibility index (Phi) is 3.85. The van der Waals surface area contributed by atoms with Gasteiger partial charge in [0.2, 0.25) is 0 Å². The van der Waals surface area contributed by atoms with E-state index in [4.69, 9.17) is 5.73 Å². The van der Waals surface area contributed by atoms with Crippen molar-refractivity contribution in [1.29, 1.82) is 0 Å². The number of hydrogen-bond donors (Lipinski definition) is 1. The Labute approximate surface area is 115 Å². The molecule has 3 heteroatoms. The number of aromatic nitrogens is 1. The topological polar surface area (TPSA) is 34.2 Å². The van der Waals surface area contributed by atoms with Crippen LogP contribution in [0.5, 0.6) is 0 Å². The summed E-state index contributed by atoms with van der Waals surface area (Å²) in [6.07, 6.45) is 6.20. The number of fused-ring (bicyclic) bond motifs is 1. The van der Waals surface area contributed by atoms with Crippen LogP contribution in [-0.4, -0.2) is 29.1 Å². The number of nitrogens with zero attached hydrogens (tertiary/aromatic N) is 2. The maximum atomic E-state index is 5.79. The van der Waals surface area contributed by atoms with Gasteiger partial charge in [0.25, 0.3) is 0 Å². The molecule has 102 valence electrons. The van der Waals surface area contributed by atoms with Crippen LogP contribution >= 0.6 is 0 Å². The minimum Gasteiger partial charge on any atom is -0.347 e. The third kappa shape index (κ3) is 2.67. The zero-order valence-corrected chi connectivity index (χ0v) is 11.5. The highest BCUT2D eigenvalue weighted by atomic mass is 15.1. The zero-order chi connectivity index (χ0) is 13.1. The van der Waals surface area contributed by atoms with Gasteiger partial charge in [-0.2, -0.15) is 0 Å². The monoisotopic (exact) mass is 257 g/mol. The smallest absolute Gasteiger partial charge is 0.0483 e. The molecule has 0 bridgehead atoms. The molecule has 1 aliphatic rings. The Morgan fingerprint density at radius 2 is 1.89 bits per heavy atom. The molecule has 0 unspecified atom stereocenters. The maximum absolute atomic E-state index is 5.79. The summed E-state index contributed by atoms with van der Waals surface area (Å²) in [5.74, 6) is 0. The van der Waals surface area contributed by atoms with Gasteiger partial charge in [-0.1, -0.05) is 12.1 Å². The van der Waals surface area contributed by atoms with E-state index in [-0.39, 0.29) is 0 Å². The lowest BCUT2D eigenvalue weighted by Crippen LogP contribution is -2.21. The fourth-order valence-corrected chi connectivity index (χ4v) is 3.13. The van der Waals surface area contributed by atoms with Crippen molar-refractivity contribution in [3.05, 3.63) is 36.0 Å². The van der Waals surface area contributed by atoms with Gasteiger partial charge >= 0.3 is 0 Å². The first kappa shape index (κ1) is 12.7. The van der Waals surface area contributed by atoms with E-state index in [1.165, 1.54) is 55.4 Å². The second kappa shape index (κ2) is 5.76. The van der Waals surface area contributed by atoms with Gasteiger partial charge in [0.05, 0.1) is 0 Å². The molecule has 2 aromatic rings. The average molecular weight is 257 g/mol. The van der Waals surface area contributed by atoms with E-state index in [9.17, 15) is 0 Å². The van der Waals surface area contributed by atoms with Crippen molar-refractivity contribution in [3.8, 4) is 0 Å². The standard InChI is InChI=1S/C16H23N3/c17-13-14-5-3-6-16-15(14)7-12-19(16)11-4-10-18-8-1-2-9-18/h3,5-7,12H,1-2,4,8-11,13,17H2. The van der Waals surface area contributed by atoms with Crippen LogP contribution in [0.1, 0.15) is 24.8 Å². The van der Waals surface area contributed by atoms with Crippen molar-refractivity contribution in [1.82, 2.24) is 9.47 Å². The van der Waals surface area contributed by atoms with Crippen molar-refractivity contribution in [2.75, 3.05) is 19.6 Å². The molecule has 2 heterocycles. The number of likely N-dealkylation sites (tertiary alicyclic amines) is 1.